The van der Waals surface area contributed by atoms with Crippen LogP contribution in [-0.2, 0) is 4.79 Å². The van der Waals surface area contributed by atoms with E-state index in [1.165, 1.54) is 40.9 Å². The minimum absolute atomic E-state index is 0.231. The van der Waals surface area contributed by atoms with Gasteiger partial charge < -0.3 is 4.74 Å². The molecule has 0 saturated carbocycles. The van der Waals surface area contributed by atoms with Crippen molar-refractivity contribution in [2.75, 3.05) is 4.90 Å². The van der Waals surface area contributed by atoms with E-state index in [-0.39, 0.29) is 11.5 Å². The summed E-state index contributed by atoms with van der Waals surface area (Å²) < 4.78 is 18.8. The summed E-state index contributed by atoms with van der Waals surface area (Å²) in [5.74, 6) is -1.00. The molecule has 3 aromatic rings. The number of carbonyl (C=O) groups is 2. The maximum absolute atomic E-state index is 13.0. The highest BCUT2D eigenvalue weighted by molar-refractivity contribution is 8.27. The molecule has 3 aromatic carbocycles. The molecule has 1 saturated heterocycles. The van der Waals surface area contributed by atoms with E-state index in [1.807, 2.05) is 0 Å². The van der Waals surface area contributed by atoms with Gasteiger partial charge in [-0.05, 0) is 66.2 Å². The lowest BCUT2D eigenvalue weighted by molar-refractivity contribution is -0.113. The second-order valence-corrected chi connectivity index (χ2v) is 8.58. The number of ether oxygens (including phenoxy) is 1. The summed E-state index contributed by atoms with van der Waals surface area (Å²) in [7, 11) is 0. The number of hydrogen-bond donors (Lipinski definition) is 0. The Labute approximate surface area is 192 Å². The van der Waals surface area contributed by atoms with Crippen molar-refractivity contribution in [1.82, 2.24) is 0 Å². The summed E-state index contributed by atoms with van der Waals surface area (Å²) >= 11 is 12.6. The molecule has 0 N–H and O–H groups in total. The molecule has 1 aliphatic heterocycles. The third kappa shape index (κ3) is 4.85. The number of amides is 1. The zero-order valence-electron chi connectivity index (χ0n) is 15.7. The van der Waals surface area contributed by atoms with Gasteiger partial charge in [0.15, 0.2) is 4.32 Å². The number of halogens is 2. The van der Waals surface area contributed by atoms with Crippen molar-refractivity contribution < 1.29 is 18.7 Å². The van der Waals surface area contributed by atoms with E-state index in [2.05, 4.69) is 0 Å². The van der Waals surface area contributed by atoms with Gasteiger partial charge >= 0.3 is 5.97 Å². The Hall–Kier alpha value is -3.00. The van der Waals surface area contributed by atoms with Gasteiger partial charge in [0.25, 0.3) is 5.91 Å². The van der Waals surface area contributed by atoms with Crippen LogP contribution in [0.25, 0.3) is 6.08 Å². The van der Waals surface area contributed by atoms with Crippen LogP contribution in [0.3, 0.4) is 0 Å². The molecule has 154 valence electrons. The number of rotatable bonds is 4. The van der Waals surface area contributed by atoms with Gasteiger partial charge in [0.1, 0.15) is 11.6 Å². The molecule has 4 nitrogen and oxygen atoms in total. The number of hydrogen-bond acceptors (Lipinski definition) is 5. The molecule has 4 rings (SSSR count). The van der Waals surface area contributed by atoms with Gasteiger partial charge in [0, 0.05) is 5.02 Å². The monoisotopic (exact) mass is 469 g/mol. The highest BCUT2D eigenvalue weighted by Gasteiger charge is 2.33. The molecule has 0 radical (unpaired) electrons. The molecule has 0 unspecified atom stereocenters. The first kappa shape index (κ1) is 21.2. The van der Waals surface area contributed by atoms with Gasteiger partial charge in [-0.25, -0.2) is 9.18 Å². The summed E-state index contributed by atoms with van der Waals surface area (Å²) in [6.45, 7) is 0. The summed E-state index contributed by atoms with van der Waals surface area (Å²) in [6.07, 6.45) is 1.68. The minimum atomic E-state index is -0.607. The fourth-order valence-corrected chi connectivity index (χ4v) is 4.36. The lowest BCUT2D eigenvalue weighted by Gasteiger charge is -2.14. The van der Waals surface area contributed by atoms with Gasteiger partial charge in [-0.3, -0.25) is 9.69 Å². The number of thiocarbonyl (C=S) groups is 1. The summed E-state index contributed by atoms with van der Waals surface area (Å²) in [5.41, 5.74) is 1.49. The largest absolute Gasteiger partial charge is 0.423 e. The van der Waals surface area contributed by atoms with Crippen LogP contribution in [0.15, 0.2) is 77.7 Å². The van der Waals surface area contributed by atoms with Crippen molar-refractivity contribution in [3.63, 3.8) is 0 Å². The molecule has 1 amide bonds. The van der Waals surface area contributed by atoms with Crippen molar-refractivity contribution in [1.29, 1.82) is 0 Å². The number of thioether (sulfide) groups is 1. The predicted octanol–water partition coefficient (Wildman–Crippen LogP) is 6.10. The molecule has 0 aromatic heterocycles. The molecule has 0 spiro atoms. The fourth-order valence-electron chi connectivity index (χ4n) is 2.88. The van der Waals surface area contributed by atoms with Crippen LogP contribution in [0.4, 0.5) is 10.1 Å². The topological polar surface area (TPSA) is 46.6 Å². The molecular formula is C23H13ClFNO3S2. The normalized spacial score (nSPS) is 14.9. The molecule has 8 heteroatoms. The van der Waals surface area contributed by atoms with Gasteiger partial charge in [-0.15, -0.1) is 0 Å². The van der Waals surface area contributed by atoms with E-state index in [0.717, 1.165) is 0 Å². The minimum Gasteiger partial charge on any atom is -0.423 e. The summed E-state index contributed by atoms with van der Waals surface area (Å²) in [6, 6.07) is 18.7. The highest BCUT2D eigenvalue weighted by Crippen LogP contribution is 2.37. The van der Waals surface area contributed by atoms with Crippen LogP contribution in [0.2, 0.25) is 5.02 Å². The number of esters is 1. The second kappa shape index (κ2) is 9.01. The Balaban J connectivity index is 1.54. The second-order valence-electron chi connectivity index (χ2n) is 6.47. The van der Waals surface area contributed by atoms with Crippen LogP contribution >= 0.6 is 35.6 Å². The van der Waals surface area contributed by atoms with E-state index in [1.54, 1.807) is 54.6 Å². The maximum atomic E-state index is 13.0. The fraction of sp³-hybridized carbons (Fsp3) is 0. The smallest absolute Gasteiger partial charge is 0.343 e. The standard InChI is InChI=1S/C23H13ClFNO3S2/c24-16-4-2-5-18(13-16)26-21(27)20(31-23(26)30)12-14-3-1-6-19(11-14)29-22(28)15-7-9-17(25)10-8-15/h1-13H. The lowest BCUT2D eigenvalue weighted by atomic mass is 10.2. The number of nitrogens with zero attached hydrogens (tertiary/aromatic N) is 1. The number of anilines is 1. The maximum Gasteiger partial charge on any atom is 0.343 e. The third-order valence-corrected chi connectivity index (χ3v) is 5.84. The Morgan fingerprint density at radius 2 is 1.81 bits per heavy atom. The van der Waals surface area contributed by atoms with E-state index in [9.17, 15) is 14.0 Å². The summed E-state index contributed by atoms with van der Waals surface area (Å²) in [4.78, 5) is 27.0. The Kier molecular flexibility index (Phi) is 6.18. The average Bonchev–Trinajstić information content (AvgIpc) is 3.01. The van der Waals surface area contributed by atoms with E-state index < -0.39 is 11.8 Å². The molecule has 31 heavy (non-hydrogen) atoms. The van der Waals surface area contributed by atoms with Gasteiger partial charge in [-0.2, -0.15) is 0 Å². The average molecular weight is 470 g/mol. The molecule has 1 aliphatic rings. The number of benzene rings is 3. The molecule has 0 atom stereocenters. The SMILES string of the molecule is O=C(Oc1cccc(C=C2SC(=S)N(c3cccc(Cl)c3)C2=O)c1)c1ccc(F)cc1. The van der Waals surface area contributed by atoms with E-state index in [4.69, 9.17) is 28.6 Å². The van der Waals surface area contributed by atoms with Gasteiger partial charge in [0.05, 0.1) is 16.2 Å². The van der Waals surface area contributed by atoms with E-state index in [0.29, 0.717) is 31.2 Å². The van der Waals surface area contributed by atoms with Crippen molar-refractivity contribution in [2.24, 2.45) is 0 Å². The first-order valence-corrected chi connectivity index (χ1v) is 10.6. The molecule has 0 aliphatic carbocycles. The Morgan fingerprint density at radius 1 is 1.06 bits per heavy atom. The van der Waals surface area contributed by atoms with Crippen LogP contribution < -0.4 is 9.64 Å². The first-order valence-electron chi connectivity index (χ1n) is 9.02. The lowest BCUT2D eigenvalue weighted by Crippen LogP contribution is -2.27. The quantitative estimate of drug-likeness (QED) is 0.200. The zero-order chi connectivity index (χ0) is 22.0. The van der Waals surface area contributed by atoms with Crippen molar-refractivity contribution in [3.8, 4) is 5.75 Å². The summed E-state index contributed by atoms with van der Waals surface area (Å²) in [5, 5.41) is 0.506. The highest BCUT2D eigenvalue weighted by atomic mass is 35.5. The Bertz CT molecular complexity index is 1230. The predicted molar refractivity (Wildman–Crippen MR) is 125 cm³/mol. The molecule has 1 heterocycles. The van der Waals surface area contributed by atoms with Gasteiger partial charge in [0.2, 0.25) is 0 Å². The van der Waals surface area contributed by atoms with Crippen LogP contribution in [0.5, 0.6) is 5.75 Å². The van der Waals surface area contributed by atoms with Crippen molar-refractivity contribution in [2.45, 2.75) is 0 Å². The molecule has 0 bridgehead atoms. The van der Waals surface area contributed by atoms with E-state index >= 15 is 0 Å². The van der Waals surface area contributed by atoms with Gasteiger partial charge in [-0.1, -0.05) is 53.8 Å². The zero-order valence-corrected chi connectivity index (χ0v) is 18.1. The molecular weight excluding hydrogens is 457 g/mol. The van der Waals surface area contributed by atoms with Crippen LogP contribution in [0, 0.1) is 5.82 Å². The van der Waals surface area contributed by atoms with Crippen LogP contribution in [-0.4, -0.2) is 16.2 Å². The van der Waals surface area contributed by atoms with Crippen LogP contribution in [0.1, 0.15) is 15.9 Å². The van der Waals surface area contributed by atoms with Crippen molar-refractivity contribution >= 4 is 63.5 Å². The third-order valence-electron chi connectivity index (χ3n) is 4.31. The first-order chi connectivity index (χ1) is 14.9. The Morgan fingerprint density at radius 3 is 2.55 bits per heavy atom. The van der Waals surface area contributed by atoms with Crippen molar-refractivity contribution in [3.05, 3.63) is 99.7 Å². The molecule has 1 fully saturated rings. The number of carbonyl (C=O) groups excluding carboxylic acids is 2.